The van der Waals surface area contributed by atoms with E-state index in [1.54, 1.807) is 41.2 Å². The van der Waals surface area contributed by atoms with Gasteiger partial charge in [0, 0.05) is 50.3 Å². The maximum atomic E-state index is 15.8. The van der Waals surface area contributed by atoms with E-state index in [1.807, 2.05) is 0 Å². The van der Waals surface area contributed by atoms with Crippen LogP contribution >= 0.6 is 0 Å². The summed E-state index contributed by atoms with van der Waals surface area (Å²) in [4.78, 5) is 26.9. The van der Waals surface area contributed by atoms with E-state index in [0.717, 1.165) is 31.4 Å². The Hall–Kier alpha value is -4.49. The first-order chi connectivity index (χ1) is 18.2. The molecule has 5 rings (SSSR count). The Balaban J connectivity index is 1.76. The van der Waals surface area contributed by atoms with E-state index in [9.17, 15) is 15.2 Å². The third-order valence-electron chi connectivity index (χ3n) is 7.18. The molecule has 1 aliphatic heterocycles. The number of carbonyl (C=O) groups excluding carboxylic acids is 1. The van der Waals surface area contributed by atoms with Gasteiger partial charge in [0.15, 0.2) is 5.82 Å². The molecule has 1 saturated heterocycles. The average molecular weight is 514 g/mol. The van der Waals surface area contributed by atoms with Gasteiger partial charge in [-0.2, -0.15) is 5.26 Å². The highest BCUT2D eigenvalue weighted by Crippen LogP contribution is 2.41. The number of benzene rings is 2. The van der Waals surface area contributed by atoms with Crippen molar-refractivity contribution in [1.82, 2.24) is 19.3 Å². The van der Waals surface area contributed by atoms with E-state index >= 15 is 4.39 Å². The summed E-state index contributed by atoms with van der Waals surface area (Å²) in [5, 5.41) is 20.1. The van der Waals surface area contributed by atoms with Crippen molar-refractivity contribution in [3.8, 4) is 34.3 Å². The SMILES string of the molecule is CC(=O)N(C)c1cc(F)c(-c2c(-c3ccc(C#N)cc3)nc(N3CC[C@H](N(C)C)C3)c3cncn23)cc1O. The first-order valence-electron chi connectivity index (χ1n) is 12.2. The van der Waals surface area contributed by atoms with Gasteiger partial charge in [0.2, 0.25) is 5.91 Å². The maximum Gasteiger partial charge on any atom is 0.223 e. The molecule has 1 N–H and O–H groups in total. The Labute approximate surface area is 220 Å². The first-order valence-corrected chi connectivity index (χ1v) is 12.2. The van der Waals surface area contributed by atoms with Crippen LogP contribution in [0.3, 0.4) is 0 Å². The normalized spacial score (nSPS) is 15.3. The molecule has 1 atom stereocenters. The average Bonchev–Trinajstić information content (AvgIpc) is 3.59. The zero-order valence-electron chi connectivity index (χ0n) is 21.7. The molecule has 2 aromatic heterocycles. The van der Waals surface area contributed by atoms with E-state index in [-0.39, 0.29) is 22.9 Å². The van der Waals surface area contributed by atoms with Gasteiger partial charge in [-0.05, 0) is 38.7 Å². The number of hydrogen-bond donors (Lipinski definition) is 1. The number of aromatic hydroxyl groups is 1. The van der Waals surface area contributed by atoms with Gasteiger partial charge in [-0.25, -0.2) is 14.4 Å². The van der Waals surface area contributed by atoms with E-state index in [1.165, 1.54) is 24.9 Å². The van der Waals surface area contributed by atoms with Crippen molar-refractivity contribution >= 4 is 22.9 Å². The Bertz CT molecular complexity index is 1570. The second-order valence-corrected chi connectivity index (χ2v) is 9.72. The standard InChI is InChI=1S/C28H28FN7O2/c1-17(37)34(4)23-12-22(29)21(11-25(23)38)27-26(19-7-5-18(13-30)6-8-19)32-28(24-14-31-16-36(24)27)35-10-9-20(15-35)33(2)3/h5-8,11-12,14,16,20,38H,9-10,15H2,1-4H3/t20-/m0/s1. The van der Waals surface area contributed by atoms with Crippen LogP contribution in [0.15, 0.2) is 48.9 Å². The Morgan fingerprint density at radius 1 is 1.21 bits per heavy atom. The first kappa shape index (κ1) is 25.2. The second kappa shape index (κ2) is 9.76. The molecular formula is C28H28FN7O2. The van der Waals surface area contributed by atoms with Gasteiger partial charge in [0.05, 0.1) is 41.2 Å². The van der Waals surface area contributed by atoms with Gasteiger partial charge >= 0.3 is 0 Å². The minimum absolute atomic E-state index is 0.0666. The lowest BCUT2D eigenvalue weighted by atomic mass is 10.0. The van der Waals surface area contributed by atoms with Crippen LogP contribution in [-0.2, 0) is 4.79 Å². The summed E-state index contributed by atoms with van der Waals surface area (Å²) >= 11 is 0. The molecule has 38 heavy (non-hydrogen) atoms. The molecule has 2 aromatic carbocycles. The monoisotopic (exact) mass is 513 g/mol. The van der Waals surface area contributed by atoms with Crippen LogP contribution in [0.2, 0.25) is 0 Å². The number of rotatable bonds is 5. The molecule has 0 spiro atoms. The minimum Gasteiger partial charge on any atom is -0.506 e. The number of anilines is 2. The van der Waals surface area contributed by atoms with Crippen molar-refractivity contribution in [2.75, 3.05) is 44.0 Å². The highest BCUT2D eigenvalue weighted by atomic mass is 19.1. The van der Waals surface area contributed by atoms with Crippen LogP contribution in [-0.4, -0.2) is 70.6 Å². The van der Waals surface area contributed by atoms with E-state index in [0.29, 0.717) is 34.1 Å². The predicted octanol–water partition coefficient (Wildman–Crippen LogP) is 3.90. The fourth-order valence-electron chi connectivity index (χ4n) is 4.89. The molecule has 0 unspecified atom stereocenters. The van der Waals surface area contributed by atoms with Gasteiger partial charge < -0.3 is 19.8 Å². The molecule has 0 saturated carbocycles. The third-order valence-corrected chi connectivity index (χ3v) is 7.18. The number of amides is 1. The minimum atomic E-state index is -0.626. The number of hydrogen-bond acceptors (Lipinski definition) is 7. The number of aromatic nitrogens is 3. The highest BCUT2D eigenvalue weighted by Gasteiger charge is 2.29. The molecule has 0 aliphatic carbocycles. The van der Waals surface area contributed by atoms with E-state index < -0.39 is 5.82 Å². The van der Waals surface area contributed by atoms with Crippen LogP contribution in [0, 0.1) is 17.1 Å². The van der Waals surface area contributed by atoms with Gasteiger partial charge in [0.25, 0.3) is 0 Å². The molecular weight excluding hydrogens is 485 g/mol. The van der Waals surface area contributed by atoms with Crippen molar-refractivity contribution in [1.29, 1.82) is 5.26 Å². The van der Waals surface area contributed by atoms with Crippen molar-refractivity contribution in [3.05, 3.63) is 60.3 Å². The zero-order chi connectivity index (χ0) is 27.1. The second-order valence-electron chi connectivity index (χ2n) is 9.72. The van der Waals surface area contributed by atoms with Crippen LogP contribution in [0.4, 0.5) is 15.9 Å². The summed E-state index contributed by atoms with van der Waals surface area (Å²) in [7, 11) is 5.59. The maximum absolute atomic E-state index is 15.8. The number of nitrogens with zero attached hydrogens (tertiary/aromatic N) is 7. The zero-order valence-corrected chi connectivity index (χ0v) is 21.7. The molecule has 1 aliphatic rings. The van der Waals surface area contributed by atoms with E-state index in [4.69, 9.17) is 4.98 Å². The van der Waals surface area contributed by atoms with Crippen LogP contribution < -0.4 is 9.80 Å². The number of imidazole rings is 1. The van der Waals surface area contributed by atoms with Crippen molar-refractivity contribution in [3.63, 3.8) is 0 Å². The fourth-order valence-corrected chi connectivity index (χ4v) is 4.89. The van der Waals surface area contributed by atoms with Crippen molar-refractivity contribution < 1.29 is 14.3 Å². The number of fused-ring (bicyclic) bond motifs is 1. The smallest absolute Gasteiger partial charge is 0.223 e. The van der Waals surface area contributed by atoms with E-state index in [2.05, 4.69) is 34.9 Å². The lowest BCUT2D eigenvalue weighted by Crippen LogP contribution is -2.32. The number of nitriles is 1. The Morgan fingerprint density at radius 3 is 2.58 bits per heavy atom. The molecule has 4 aromatic rings. The van der Waals surface area contributed by atoms with Crippen LogP contribution in [0.25, 0.3) is 28.0 Å². The van der Waals surface area contributed by atoms with Crippen molar-refractivity contribution in [2.24, 2.45) is 0 Å². The lowest BCUT2D eigenvalue weighted by Gasteiger charge is -2.24. The summed E-state index contributed by atoms with van der Waals surface area (Å²) in [6.07, 6.45) is 4.29. The molecule has 0 bridgehead atoms. The molecule has 1 amide bonds. The lowest BCUT2D eigenvalue weighted by molar-refractivity contribution is -0.116. The van der Waals surface area contributed by atoms with Crippen molar-refractivity contribution in [2.45, 2.75) is 19.4 Å². The number of phenolic OH excluding ortho intramolecular Hbond substituents is 1. The predicted molar refractivity (Wildman–Crippen MR) is 144 cm³/mol. The molecule has 3 heterocycles. The van der Waals surface area contributed by atoms with Gasteiger partial charge in [-0.1, -0.05) is 12.1 Å². The highest BCUT2D eigenvalue weighted by molar-refractivity contribution is 5.94. The summed E-state index contributed by atoms with van der Waals surface area (Å²) in [5.41, 5.74) is 2.94. The molecule has 194 valence electrons. The molecule has 10 heteroatoms. The van der Waals surface area contributed by atoms with Gasteiger partial charge in [-0.3, -0.25) is 9.20 Å². The fraction of sp³-hybridized carbons (Fsp3) is 0.286. The summed E-state index contributed by atoms with van der Waals surface area (Å²) in [6.45, 7) is 2.93. The number of phenols is 1. The Kier molecular flexibility index (Phi) is 6.46. The molecule has 0 radical (unpaired) electrons. The quantitative estimate of drug-likeness (QED) is 0.432. The summed E-state index contributed by atoms with van der Waals surface area (Å²) < 4.78 is 17.5. The number of carbonyl (C=O) groups is 1. The summed E-state index contributed by atoms with van der Waals surface area (Å²) in [5.74, 6) is -0.474. The van der Waals surface area contributed by atoms with Crippen LogP contribution in [0.5, 0.6) is 5.75 Å². The third kappa shape index (κ3) is 4.31. The van der Waals surface area contributed by atoms with Crippen LogP contribution in [0.1, 0.15) is 18.9 Å². The Morgan fingerprint density at radius 2 is 1.95 bits per heavy atom. The van der Waals surface area contributed by atoms with Gasteiger partial charge in [0.1, 0.15) is 17.1 Å². The number of likely N-dealkylation sites (N-methyl/N-ethyl adjacent to an activating group) is 1. The largest absolute Gasteiger partial charge is 0.506 e. The summed E-state index contributed by atoms with van der Waals surface area (Å²) in [6, 6.07) is 11.9. The molecule has 9 nitrogen and oxygen atoms in total. The van der Waals surface area contributed by atoms with Gasteiger partial charge in [-0.15, -0.1) is 0 Å². The topological polar surface area (TPSA) is 101 Å². The number of halogens is 1. The molecule has 1 fully saturated rings.